The van der Waals surface area contributed by atoms with Crippen molar-refractivity contribution in [2.24, 2.45) is 0 Å². The van der Waals surface area contributed by atoms with E-state index in [-0.39, 0.29) is 12.1 Å². The molecule has 1 saturated heterocycles. The van der Waals surface area contributed by atoms with Gasteiger partial charge in [0.05, 0.1) is 17.0 Å². The molecule has 0 radical (unpaired) electrons. The van der Waals surface area contributed by atoms with Crippen LogP contribution >= 0.6 is 11.3 Å². The summed E-state index contributed by atoms with van der Waals surface area (Å²) < 4.78 is 5.99. The lowest BCUT2D eigenvalue weighted by molar-refractivity contribution is 0.0751. The summed E-state index contributed by atoms with van der Waals surface area (Å²) >= 11 is 1.62. The van der Waals surface area contributed by atoms with Crippen molar-refractivity contribution in [1.29, 1.82) is 0 Å². The van der Waals surface area contributed by atoms with Gasteiger partial charge in [-0.3, -0.25) is 9.80 Å². The smallest absolute Gasteiger partial charge is 0.257 e. The molecule has 0 aliphatic carbocycles. The summed E-state index contributed by atoms with van der Waals surface area (Å²) in [6, 6.07) is 26.0. The lowest BCUT2D eigenvalue weighted by Crippen LogP contribution is -2.48. The molecule has 2 aromatic carbocycles. The van der Waals surface area contributed by atoms with E-state index in [9.17, 15) is 0 Å². The standard InChI is InChI=1S/C25H26N4OS/c1-19(24-26-27-25(30-24)22-13-8-18-31-22)28-14-16-29(17-15-28)23(20-9-4-2-5-10-20)21-11-6-3-7-12-21/h2-13,18-19,23H,14-17H2,1H3/t19-/m0/s1. The molecule has 1 aliphatic heterocycles. The van der Waals surface area contributed by atoms with E-state index in [1.165, 1.54) is 11.1 Å². The maximum atomic E-state index is 5.99. The lowest BCUT2D eigenvalue weighted by atomic mass is 9.96. The normalized spacial score (nSPS) is 16.6. The van der Waals surface area contributed by atoms with Gasteiger partial charge in [-0.05, 0) is 29.5 Å². The Morgan fingerprint density at radius 1 is 0.774 bits per heavy atom. The zero-order chi connectivity index (χ0) is 21.0. The van der Waals surface area contributed by atoms with Gasteiger partial charge in [0.25, 0.3) is 5.89 Å². The van der Waals surface area contributed by atoms with Crippen LogP contribution in [0.5, 0.6) is 0 Å². The van der Waals surface area contributed by atoms with Gasteiger partial charge in [-0.2, -0.15) is 0 Å². The van der Waals surface area contributed by atoms with E-state index in [0.717, 1.165) is 31.1 Å². The topological polar surface area (TPSA) is 45.4 Å². The molecule has 0 saturated carbocycles. The molecule has 5 rings (SSSR count). The molecule has 0 N–H and O–H groups in total. The van der Waals surface area contributed by atoms with Gasteiger partial charge in [0.2, 0.25) is 5.89 Å². The molecule has 31 heavy (non-hydrogen) atoms. The van der Waals surface area contributed by atoms with Crippen LogP contribution in [0, 0.1) is 0 Å². The van der Waals surface area contributed by atoms with Crippen LogP contribution in [-0.4, -0.2) is 46.2 Å². The van der Waals surface area contributed by atoms with Crippen LogP contribution in [0.4, 0.5) is 0 Å². The first-order valence-corrected chi connectivity index (χ1v) is 11.6. The fourth-order valence-corrected chi connectivity index (χ4v) is 4.97. The van der Waals surface area contributed by atoms with Crippen LogP contribution in [0.1, 0.15) is 36.0 Å². The number of rotatable bonds is 6. The molecule has 1 aliphatic rings. The van der Waals surface area contributed by atoms with Gasteiger partial charge < -0.3 is 4.42 Å². The lowest BCUT2D eigenvalue weighted by Gasteiger charge is -2.41. The van der Waals surface area contributed by atoms with Crippen molar-refractivity contribution in [1.82, 2.24) is 20.0 Å². The molecule has 0 spiro atoms. The third kappa shape index (κ3) is 4.32. The maximum absolute atomic E-state index is 5.99. The Morgan fingerprint density at radius 2 is 1.39 bits per heavy atom. The minimum absolute atomic E-state index is 0.107. The fraction of sp³-hybridized carbons (Fsp3) is 0.280. The summed E-state index contributed by atoms with van der Waals surface area (Å²) in [5, 5.41) is 10.6. The van der Waals surface area contributed by atoms with Crippen LogP contribution in [0.2, 0.25) is 0 Å². The van der Waals surface area contributed by atoms with Crippen molar-refractivity contribution in [2.45, 2.75) is 19.0 Å². The van der Waals surface area contributed by atoms with Gasteiger partial charge in [-0.25, -0.2) is 0 Å². The Balaban J connectivity index is 1.29. The second kappa shape index (κ2) is 9.14. The highest BCUT2D eigenvalue weighted by Crippen LogP contribution is 2.32. The molecule has 6 heteroatoms. The van der Waals surface area contributed by atoms with Crippen LogP contribution in [-0.2, 0) is 0 Å². The maximum Gasteiger partial charge on any atom is 0.257 e. The summed E-state index contributed by atoms with van der Waals surface area (Å²) in [4.78, 5) is 6.04. The largest absolute Gasteiger partial charge is 0.418 e. The van der Waals surface area contributed by atoms with Crippen LogP contribution in [0.3, 0.4) is 0 Å². The summed E-state index contributed by atoms with van der Waals surface area (Å²) in [6.07, 6.45) is 0. The van der Waals surface area contributed by atoms with Crippen molar-refractivity contribution in [3.63, 3.8) is 0 Å². The fourth-order valence-electron chi connectivity index (χ4n) is 4.33. The summed E-state index contributed by atoms with van der Waals surface area (Å²) in [5.74, 6) is 1.31. The zero-order valence-corrected chi connectivity index (χ0v) is 18.4. The average molecular weight is 431 g/mol. The quantitative estimate of drug-likeness (QED) is 0.417. The predicted molar refractivity (Wildman–Crippen MR) is 124 cm³/mol. The highest BCUT2D eigenvalue weighted by Gasteiger charge is 2.30. The Kier molecular flexibility index (Phi) is 5.93. The van der Waals surface area contributed by atoms with Gasteiger partial charge in [0, 0.05) is 26.2 Å². The Hall–Kier alpha value is -2.80. The molecule has 5 nitrogen and oxygen atoms in total. The molecule has 158 valence electrons. The Bertz CT molecular complexity index is 1030. The van der Waals surface area contributed by atoms with Gasteiger partial charge in [0.1, 0.15) is 0 Å². The predicted octanol–water partition coefficient (Wildman–Crippen LogP) is 5.27. The Labute approximate surface area is 187 Å². The molecule has 1 atom stereocenters. The number of aromatic nitrogens is 2. The number of piperazine rings is 1. The number of hydrogen-bond donors (Lipinski definition) is 0. The molecule has 1 fully saturated rings. The second-order valence-electron chi connectivity index (χ2n) is 7.89. The minimum Gasteiger partial charge on any atom is -0.418 e. The summed E-state index contributed by atoms with van der Waals surface area (Å²) in [6.45, 7) is 6.07. The number of nitrogens with zero attached hydrogens (tertiary/aromatic N) is 4. The summed E-state index contributed by atoms with van der Waals surface area (Å²) in [5.41, 5.74) is 2.68. The molecular formula is C25H26N4OS. The van der Waals surface area contributed by atoms with Crippen LogP contribution < -0.4 is 0 Å². The molecule has 0 unspecified atom stereocenters. The first kappa shape index (κ1) is 20.1. The van der Waals surface area contributed by atoms with E-state index in [4.69, 9.17) is 4.42 Å². The molecular weight excluding hydrogens is 404 g/mol. The van der Waals surface area contributed by atoms with Gasteiger partial charge >= 0.3 is 0 Å². The molecule has 4 aromatic rings. The highest BCUT2D eigenvalue weighted by atomic mass is 32.1. The SMILES string of the molecule is C[C@@H](c1nnc(-c2cccs2)o1)N1CCN(C(c2ccccc2)c2ccccc2)CC1. The monoisotopic (exact) mass is 430 g/mol. The molecule has 0 amide bonds. The molecule has 3 heterocycles. The van der Waals surface area contributed by atoms with E-state index in [1.54, 1.807) is 11.3 Å². The minimum atomic E-state index is 0.107. The van der Waals surface area contributed by atoms with Crippen LogP contribution in [0.15, 0.2) is 82.6 Å². The van der Waals surface area contributed by atoms with Crippen LogP contribution in [0.25, 0.3) is 10.8 Å². The van der Waals surface area contributed by atoms with Crippen molar-refractivity contribution < 1.29 is 4.42 Å². The average Bonchev–Trinajstić information content (AvgIpc) is 3.53. The van der Waals surface area contributed by atoms with E-state index >= 15 is 0 Å². The summed E-state index contributed by atoms with van der Waals surface area (Å²) in [7, 11) is 0. The van der Waals surface area contributed by atoms with Gasteiger partial charge in [0.15, 0.2) is 0 Å². The van der Waals surface area contributed by atoms with E-state index < -0.39 is 0 Å². The number of hydrogen-bond acceptors (Lipinski definition) is 6. The van der Waals surface area contributed by atoms with E-state index in [1.807, 2.05) is 17.5 Å². The third-order valence-electron chi connectivity index (χ3n) is 6.02. The number of benzene rings is 2. The zero-order valence-electron chi connectivity index (χ0n) is 17.6. The Morgan fingerprint density at radius 3 is 1.97 bits per heavy atom. The molecule has 2 aromatic heterocycles. The van der Waals surface area contributed by atoms with Crippen molar-refractivity contribution in [3.05, 3.63) is 95.2 Å². The van der Waals surface area contributed by atoms with Gasteiger partial charge in [-0.15, -0.1) is 21.5 Å². The van der Waals surface area contributed by atoms with E-state index in [2.05, 4.69) is 87.6 Å². The van der Waals surface area contributed by atoms with Crippen molar-refractivity contribution in [2.75, 3.05) is 26.2 Å². The van der Waals surface area contributed by atoms with Crippen molar-refractivity contribution in [3.8, 4) is 10.8 Å². The first-order chi connectivity index (χ1) is 15.3. The van der Waals surface area contributed by atoms with Gasteiger partial charge in [-0.1, -0.05) is 66.7 Å². The highest BCUT2D eigenvalue weighted by molar-refractivity contribution is 7.13. The molecule has 0 bridgehead atoms. The third-order valence-corrected chi connectivity index (χ3v) is 6.88. The number of thiophene rings is 1. The van der Waals surface area contributed by atoms with Crippen molar-refractivity contribution >= 4 is 11.3 Å². The van der Waals surface area contributed by atoms with E-state index in [0.29, 0.717) is 11.8 Å². The first-order valence-electron chi connectivity index (χ1n) is 10.7. The second-order valence-corrected chi connectivity index (χ2v) is 8.84.